The van der Waals surface area contributed by atoms with Crippen LogP contribution in [0, 0.1) is 10.1 Å². The van der Waals surface area contributed by atoms with Crippen molar-refractivity contribution < 1.29 is 14.5 Å². The van der Waals surface area contributed by atoms with E-state index in [1.54, 1.807) is 4.90 Å². The summed E-state index contributed by atoms with van der Waals surface area (Å²) in [6.45, 7) is 2.28. The normalized spacial score (nSPS) is 10.8. The average Bonchev–Trinajstić information content (AvgIpc) is 3.10. The Morgan fingerprint density at radius 1 is 1.29 bits per heavy atom. The third-order valence-electron chi connectivity index (χ3n) is 3.92. The van der Waals surface area contributed by atoms with Crippen molar-refractivity contribution in [1.82, 2.24) is 4.98 Å². The first kappa shape index (κ1) is 19.8. The van der Waals surface area contributed by atoms with E-state index in [1.807, 2.05) is 31.2 Å². The van der Waals surface area contributed by atoms with Gasteiger partial charge in [-0.3, -0.25) is 24.6 Å². The molecular weight excluding hydrogens is 400 g/mol. The molecule has 0 spiro atoms. The molecule has 144 valence electrons. The molecule has 3 rings (SSSR count). The summed E-state index contributed by atoms with van der Waals surface area (Å²) in [4.78, 5) is 41.0. The van der Waals surface area contributed by atoms with Crippen molar-refractivity contribution in [3.8, 4) is 0 Å². The van der Waals surface area contributed by atoms with Gasteiger partial charge in [0.05, 0.1) is 25.8 Å². The monoisotopic (exact) mass is 416 g/mol. The maximum absolute atomic E-state index is 12.7. The van der Waals surface area contributed by atoms with Crippen LogP contribution in [-0.2, 0) is 4.79 Å². The fourth-order valence-electron chi connectivity index (χ4n) is 2.55. The molecule has 8 nitrogen and oxygen atoms in total. The number of nitrogens with zero attached hydrogens (tertiary/aromatic N) is 3. The van der Waals surface area contributed by atoms with Gasteiger partial charge >= 0.3 is 0 Å². The van der Waals surface area contributed by atoms with Crippen LogP contribution in [0.5, 0.6) is 0 Å². The number of nitrogens with two attached hydrogens (primary N) is 1. The predicted molar refractivity (Wildman–Crippen MR) is 110 cm³/mol. The van der Waals surface area contributed by atoms with Gasteiger partial charge in [-0.15, -0.1) is 11.8 Å². The molecule has 3 aromatic rings. The van der Waals surface area contributed by atoms with Gasteiger partial charge in [-0.2, -0.15) is 0 Å². The number of nitro groups is 1. The molecule has 1 aromatic heterocycles. The molecule has 0 aliphatic carbocycles. The Bertz CT molecular complexity index is 1030. The lowest BCUT2D eigenvalue weighted by molar-refractivity contribution is -0.387. The van der Waals surface area contributed by atoms with Crippen molar-refractivity contribution in [1.29, 1.82) is 0 Å². The van der Waals surface area contributed by atoms with E-state index in [4.69, 9.17) is 5.73 Å². The summed E-state index contributed by atoms with van der Waals surface area (Å²) in [6.07, 6.45) is 0. The number of rotatable bonds is 7. The second-order valence-electron chi connectivity index (χ2n) is 5.69. The Labute approximate surface area is 168 Å². The molecule has 0 saturated heterocycles. The molecule has 2 aromatic carbocycles. The molecule has 0 unspecified atom stereocenters. The zero-order valence-electron chi connectivity index (χ0n) is 14.8. The first-order valence-electron chi connectivity index (χ1n) is 8.27. The van der Waals surface area contributed by atoms with Crippen LogP contribution in [-0.4, -0.2) is 34.0 Å². The highest BCUT2D eigenvalue weighted by Crippen LogP contribution is 2.32. The number of thioether (sulfide) groups is 1. The number of primary amides is 1. The van der Waals surface area contributed by atoms with Gasteiger partial charge in [0, 0.05) is 18.2 Å². The number of aromatic nitrogens is 1. The van der Waals surface area contributed by atoms with Crippen molar-refractivity contribution in [3.63, 3.8) is 0 Å². The van der Waals surface area contributed by atoms with Crippen molar-refractivity contribution in [3.05, 3.63) is 58.1 Å². The minimum atomic E-state index is -0.747. The van der Waals surface area contributed by atoms with Gasteiger partial charge in [0.15, 0.2) is 5.13 Å². The third-order valence-corrected chi connectivity index (χ3v) is 6.03. The molecule has 10 heteroatoms. The van der Waals surface area contributed by atoms with E-state index in [0.717, 1.165) is 28.0 Å². The largest absolute Gasteiger partial charge is 0.366 e. The van der Waals surface area contributed by atoms with Crippen LogP contribution in [0.1, 0.15) is 17.3 Å². The average molecular weight is 416 g/mol. The molecule has 0 aliphatic heterocycles. The lowest BCUT2D eigenvalue weighted by atomic mass is 10.2. The number of para-hydroxylation sites is 1. The summed E-state index contributed by atoms with van der Waals surface area (Å²) < 4.78 is 0.981. The number of fused-ring (bicyclic) bond motifs is 1. The van der Waals surface area contributed by atoms with Crippen molar-refractivity contribution >= 4 is 55.9 Å². The van der Waals surface area contributed by atoms with Crippen LogP contribution < -0.4 is 10.6 Å². The number of carbonyl (C=O) groups is 2. The number of thiazole rings is 1. The molecule has 0 atom stereocenters. The maximum Gasteiger partial charge on any atom is 0.283 e. The zero-order valence-corrected chi connectivity index (χ0v) is 16.5. The fourth-order valence-corrected chi connectivity index (χ4v) is 4.47. The van der Waals surface area contributed by atoms with Crippen molar-refractivity contribution in [2.45, 2.75) is 11.8 Å². The number of hydrogen-bond acceptors (Lipinski definition) is 7. The van der Waals surface area contributed by atoms with E-state index in [0.29, 0.717) is 16.6 Å². The number of nitro benzene ring substituents is 1. The van der Waals surface area contributed by atoms with E-state index in [2.05, 4.69) is 4.98 Å². The van der Waals surface area contributed by atoms with Gasteiger partial charge < -0.3 is 5.73 Å². The molecule has 28 heavy (non-hydrogen) atoms. The Morgan fingerprint density at radius 2 is 2.04 bits per heavy atom. The van der Waals surface area contributed by atoms with Gasteiger partial charge in [-0.1, -0.05) is 23.5 Å². The van der Waals surface area contributed by atoms with Crippen molar-refractivity contribution in [2.24, 2.45) is 5.73 Å². The molecule has 0 radical (unpaired) electrons. The quantitative estimate of drug-likeness (QED) is 0.358. The topological polar surface area (TPSA) is 119 Å². The summed E-state index contributed by atoms with van der Waals surface area (Å²) in [5.74, 6) is -0.955. The van der Waals surface area contributed by atoms with Gasteiger partial charge in [0.1, 0.15) is 0 Å². The highest BCUT2D eigenvalue weighted by Gasteiger charge is 2.21. The highest BCUT2D eigenvalue weighted by molar-refractivity contribution is 8.00. The molecular formula is C18H16N4O4S2. The first-order chi connectivity index (χ1) is 13.4. The molecule has 0 aliphatic rings. The fraction of sp³-hybridized carbons (Fsp3) is 0.167. The SMILES string of the molecule is CCN(C(=O)CSc1ccc(C(N)=O)cc1[N+](=O)[O-])c1nc2ccccc2s1. The summed E-state index contributed by atoms with van der Waals surface area (Å²) >= 11 is 2.46. The Balaban J connectivity index is 1.78. The molecule has 2 N–H and O–H groups in total. The summed E-state index contributed by atoms with van der Waals surface area (Å²) in [6, 6.07) is 11.6. The standard InChI is InChI=1S/C18H16N4O4S2/c1-2-21(18-20-12-5-3-4-6-14(12)28-18)16(23)10-27-15-8-7-11(17(19)24)9-13(15)22(25)26/h3-9H,2,10H2,1H3,(H2,19,24). The van der Waals surface area contributed by atoms with Crippen LogP contribution in [0.3, 0.4) is 0 Å². The van der Waals surface area contributed by atoms with Crippen LogP contribution in [0.2, 0.25) is 0 Å². The van der Waals surface area contributed by atoms with E-state index in [1.165, 1.54) is 23.5 Å². The Kier molecular flexibility index (Phi) is 5.90. The van der Waals surface area contributed by atoms with E-state index in [-0.39, 0.29) is 22.9 Å². The zero-order chi connectivity index (χ0) is 20.3. The highest BCUT2D eigenvalue weighted by atomic mass is 32.2. The minimum Gasteiger partial charge on any atom is -0.366 e. The molecule has 0 bridgehead atoms. The first-order valence-corrected chi connectivity index (χ1v) is 10.1. The number of amides is 2. The van der Waals surface area contributed by atoms with E-state index in [9.17, 15) is 19.7 Å². The maximum atomic E-state index is 12.7. The second kappa shape index (κ2) is 8.36. The second-order valence-corrected chi connectivity index (χ2v) is 7.72. The minimum absolute atomic E-state index is 0.000519. The van der Waals surface area contributed by atoms with Crippen LogP contribution >= 0.6 is 23.1 Å². The molecule has 1 heterocycles. The number of carbonyl (C=O) groups excluding carboxylic acids is 2. The Hall–Kier alpha value is -2.98. The summed E-state index contributed by atoms with van der Waals surface area (Å²) in [5, 5.41) is 11.9. The Morgan fingerprint density at radius 3 is 2.68 bits per heavy atom. The van der Waals surface area contributed by atoms with Gasteiger partial charge in [0.2, 0.25) is 11.8 Å². The van der Waals surface area contributed by atoms with Crippen LogP contribution in [0.15, 0.2) is 47.4 Å². The predicted octanol–water partition coefficient (Wildman–Crippen LogP) is 3.45. The lowest BCUT2D eigenvalue weighted by Crippen LogP contribution is -2.32. The van der Waals surface area contributed by atoms with Gasteiger partial charge in [-0.25, -0.2) is 4.98 Å². The summed E-state index contributed by atoms with van der Waals surface area (Å²) in [7, 11) is 0. The summed E-state index contributed by atoms with van der Waals surface area (Å²) in [5.41, 5.74) is 5.79. The lowest BCUT2D eigenvalue weighted by Gasteiger charge is -2.17. The van der Waals surface area contributed by atoms with Gasteiger partial charge in [-0.05, 0) is 31.2 Å². The number of benzene rings is 2. The van der Waals surface area contributed by atoms with E-state index < -0.39 is 10.8 Å². The van der Waals surface area contributed by atoms with Crippen LogP contribution in [0.25, 0.3) is 10.2 Å². The third kappa shape index (κ3) is 4.12. The van der Waals surface area contributed by atoms with E-state index >= 15 is 0 Å². The molecule has 2 amide bonds. The molecule has 0 fully saturated rings. The van der Waals surface area contributed by atoms with Crippen molar-refractivity contribution in [2.75, 3.05) is 17.2 Å². The smallest absolute Gasteiger partial charge is 0.283 e. The molecule has 0 saturated carbocycles. The van der Waals surface area contributed by atoms with Crippen LogP contribution in [0.4, 0.5) is 10.8 Å². The number of anilines is 1. The number of hydrogen-bond donors (Lipinski definition) is 1. The van der Waals surface area contributed by atoms with Gasteiger partial charge in [0.25, 0.3) is 5.69 Å².